The number of ketones is 1. The maximum atomic E-state index is 12.6. The van der Waals surface area contributed by atoms with Crippen LogP contribution in [-0.4, -0.2) is 30.0 Å². The lowest BCUT2D eigenvalue weighted by Crippen LogP contribution is -2.27. The van der Waals surface area contributed by atoms with Gasteiger partial charge in [-0.3, -0.25) is 4.79 Å². The Morgan fingerprint density at radius 3 is 2.67 bits per heavy atom. The lowest BCUT2D eigenvalue weighted by Gasteiger charge is -2.33. The number of imidazole rings is 1. The van der Waals surface area contributed by atoms with Gasteiger partial charge in [-0.2, -0.15) is 0 Å². The molecule has 0 bridgehead atoms. The number of H-pyrrole nitrogens is 1. The number of hydrogen-bond acceptors (Lipinski definition) is 5. The van der Waals surface area contributed by atoms with Crippen molar-refractivity contribution in [1.82, 2.24) is 9.97 Å². The van der Waals surface area contributed by atoms with Gasteiger partial charge in [0, 0.05) is 41.8 Å². The number of ether oxygens (including phenoxy) is 2. The van der Waals surface area contributed by atoms with Crippen LogP contribution in [0.5, 0.6) is 11.5 Å². The minimum absolute atomic E-state index is 0.186. The Morgan fingerprint density at radius 2 is 1.96 bits per heavy atom. The standard InChI is InChI=1S/C18H19N3O3/c1-23-14-8-10-12(9-15(14)24-2)21-11-4-3-5-13(22)17(11)16(10)18-19-6-7-20-18/h6-9,16,21H,3-5H2,1-2H3,(H,19,20). The van der Waals surface area contributed by atoms with Crippen LogP contribution >= 0.6 is 0 Å². The zero-order valence-electron chi connectivity index (χ0n) is 13.7. The van der Waals surface area contributed by atoms with E-state index >= 15 is 0 Å². The number of Topliss-reactive ketones (excluding diaryl/α,β-unsaturated/α-hetero) is 1. The van der Waals surface area contributed by atoms with E-state index in [1.807, 2.05) is 12.1 Å². The average Bonchev–Trinajstić information content (AvgIpc) is 3.13. The van der Waals surface area contributed by atoms with Crippen molar-refractivity contribution in [3.63, 3.8) is 0 Å². The number of methoxy groups -OCH3 is 2. The third-order valence-electron chi connectivity index (χ3n) is 4.69. The first-order valence-electron chi connectivity index (χ1n) is 8.01. The van der Waals surface area contributed by atoms with Crippen LogP contribution in [0.15, 0.2) is 35.8 Å². The highest BCUT2D eigenvalue weighted by Crippen LogP contribution is 2.47. The van der Waals surface area contributed by atoms with Crippen LogP contribution in [0.4, 0.5) is 5.69 Å². The van der Waals surface area contributed by atoms with E-state index in [1.54, 1.807) is 26.6 Å². The second-order valence-corrected chi connectivity index (χ2v) is 6.00. The summed E-state index contributed by atoms with van der Waals surface area (Å²) in [5.41, 5.74) is 3.71. The summed E-state index contributed by atoms with van der Waals surface area (Å²) < 4.78 is 10.9. The highest BCUT2D eigenvalue weighted by atomic mass is 16.5. The molecule has 1 aliphatic carbocycles. The van der Waals surface area contributed by atoms with Crippen LogP contribution < -0.4 is 14.8 Å². The first-order chi connectivity index (χ1) is 11.7. The summed E-state index contributed by atoms with van der Waals surface area (Å²) in [4.78, 5) is 20.2. The number of allylic oxidation sites excluding steroid dienone is 2. The maximum absolute atomic E-state index is 12.6. The average molecular weight is 325 g/mol. The number of anilines is 1. The second-order valence-electron chi connectivity index (χ2n) is 6.00. The molecule has 0 fully saturated rings. The van der Waals surface area contributed by atoms with Gasteiger partial charge in [-0.15, -0.1) is 0 Å². The molecule has 2 N–H and O–H groups in total. The quantitative estimate of drug-likeness (QED) is 0.907. The van der Waals surface area contributed by atoms with Crippen molar-refractivity contribution >= 4 is 11.5 Å². The van der Waals surface area contributed by atoms with Gasteiger partial charge in [-0.1, -0.05) is 0 Å². The number of nitrogens with zero attached hydrogens (tertiary/aromatic N) is 1. The Morgan fingerprint density at radius 1 is 1.17 bits per heavy atom. The largest absolute Gasteiger partial charge is 0.493 e. The fourth-order valence-electron chi connectivity index (χ4n) is 3.61. The molecule has 0 saturated carbocycles. The van der Waals surface area contributed by atoms with E-state index in [2.05, 4.69) is 15.3 Å². The number of fused-ring (bicyclic) bond motifs is 1. The number of rotatable bonds is 3. The third-order valence-corrected chi connectivity index (χ3v) is 4.69. The first kappa shape index (κ1) is 14.8. The zero-order chi connectivity index (χ0) is 16.7. The maximum Gasteiger partial charge on any atom is 0.162 e. The van der Waals surface area contributed by atoms with Crippen LogP contribution in [0.3, 0.4) is 0 Å². The number of nitrogens with one attached hydrogen (secondary N) is 2. The zero-order valence-corrected chi connectivity index (χ0v) is 13.7. The molecule has 0 spiro atoms. The van der Waals surface area contributed by atoms with Crippen molar-refractivity contribution in [3.8, 4) is 11.5 Å². The molecule has 4 rings (SSSR count). The summed E-state index contributed by atoms with van der Waals surface area (Å²) in [6, 6.07) is 3.85. The third kappa shape index (κ3) is 2.18. The highest BCUT2D eigenvalue weighted by molar-refractivity contribution is 6.01. The molecule has 6 nitrogen and oxygen atoms in total. The molecule has 24 heavy (non-hydrogen) atoms. The van der Waals surface area contributed by atoms with Crippen LogP contribution in [0.1, 0.15) is 36.6 Å². The van der Waals surface area contributed by atoms with E-state index < -0.39 is 0 Å². The fraction of sp³-hybridized carbons (Fsp3) is 0.333. The van der Waals surface area contributed by atoms with E-state index in [1.165, 1.54) is 0 Å². The predicted octanol–water partition coefficient (Wildman–Crippen LogP) is 2.99. The van der Waals surface area contributed by atoms with Crippen LogP contribution in [0, 0.1) is 0 Å². The van der Waals surface area contributed by atoms with Crippen molar-refractivity contribution < 1.29 is 14.3 Å². The summed E-state index contributed by atoms with van der Waals surface area (Å²) in [7, 11) is 3.23. The van der Waals surface area contributed by atoms with Gasteiger partial charge in [0.25, 0.3) is 0 Å². The van der Waals surface area contributed by atoms with Gasteiger partial charge in [0.1, 0.15) is 5.82 Å². The van der Waals surface area contributed by atoms with Crippen LogP contribution in [0.2, 0.25) is 0 Å². The predicted molar refractivity (Wildman–Crippen MR) is 89.5 cm³/mol. The van der Waals surface area contributed by atoms with E-state index in [-0.39, 0.29) is 11.7 Å². The summed E-state index contributed by atoms with van der Waals surface area (Å²) in [5, 5.41) is 3.43. The van der Waals surface area contributed by atoms with Crippen LogP contribution in [-0.2, 0) is 4.79 Å². The number of carbonyl (C=O) groups is 1. The molecule has 6 heteroatoms. The van der Waals surface area contributed by atoms with E-state index in [0.29, 0.717) is 17.9 Å². The SMILES string of the molecule is COc1cc2c(cc1OC)C(c1ncc[nH]1)C1=C(CCCC1=O)N2. The van der Waals surface area contributed by atoms with Crippen molar-refractivity contribution in [3.05, 3.63) is 47.2 Å². The Kier molecular flexibility index (Phi) is 3.52. The minimum Gasteiger partial charge on any atom is -0.493 e. The smallest absolute Gasteiger partial charge is 0.162 e. The van der Waals surface area contributed by atoms with Gasteiger partial charge in [0.2, 0.25) is 0 Å². The summed E-state index contributed by atoms with van der Waals surface area (Å²) in [6.45, 7) is 0. The number of benzene rings is 1. The van der Waals surface area contributed by atoms with E-state index in [9.17, 15) is 4.79 Å². The summed E-state index contributed by atoms with van der Waals surface area (Å²) >= 11 is 0. The Balaban J connectivity index is 1.94. The van der Waals surface area contributed by atoms with Crippen molar-refractivity contribution in [1.29, 1.82) is 0 Å². The molecule has 0 radical (unpaired) electrons. The van der Waals surface area contributed by atoms with Gasteiger partial charge in [-0.25, -0.2) is 4.98 Å². The van der Waals surface area contributed by atoms with Crippen LogP contribution in [0.25, 0.3) is 0 Å². The fourth-order valence-corrected chi connectivity index (χ4v) is 3.61. The molecule has 1 aliphatic heterocycles. The Hall–Kier alpha value is -2.76. The van der Waals surface area contributed by atoms with E-state index in [4.69, 9.17) is 9.47 Å². The molecule has 2 heterocycles. The molecular formula is C18H19N3O3. The van der Waals surface area contributed by atoms with E-state index in [0.717, 1.165) is 41.2 Å². The molecule has 0 amide bonds. The lowest BCUT2D eigenvalue weighted by molar-refractivity contribution is -0.116. The molecule has 2 aromatic rings. The van der Waals surface area contributed by atoms with Gasteiger partial charge in [0.05, 0.1) is 20.1 Å². The number of aromatic nitrogens is 2. The molecule has 1 aromatic heterocycles. The molecule has 1 aromatic carbocycles. The van der Waals surface area contributed by atoms with Crippen molar-refractivity contribution in [2.24, 2.45) is 0 Å². The molecular weight excluding hydrogens is 306 g/mol. The first-order valence-corrected chi connectivity index (χ1v) is 8.01. The number of hydrogen-bond donors (Lipinski definition) is 2. The second kappa shape index (κ2) is 5.70. The number of aromatic amines is 1. The summed E-state index contributed by atoms with van der Waals surface area (Å²) in [6.07, 6.45) is 5.82. The molecule has 0 saturated heterocycles. The molecule has 2 aliphatic rings. The molecule has 1 atom stereocenters. The lowest BCUT2D eigenvalue weighted by atomic mass is 9.78. The van der Waals surface area contributed by atoms with Crippen molar-refractivity contribution in [2.45, 2.75) is 25.2 Å². The van der Waals surface area contributed by atoms with Crippen molar-refractivity contribution in [2.75, 3.05) is 19.5 Å². The normalized spacial score (nSPS) is 19.4. The van der Waals surface area contributed by atoms with Gasteiger partial charge in [-0.05, 0) is 24.5 Å². The summed E-state index contributed by atoms with van der Waals surface area (Å²) in [5.74, 6) is 2.05. The molecule has 124 valence electrons. The van der Waals surface area contributed by atoms with Gasteiger partial charge in [0.15, 0.2) is 17.3 Å². The Labute approximate surface area is 139 Å². The topological polar surface area (TPSA) is 76.2 Å². The molecule has 1 unspecified atom stereocenters. The highest BCUT2D eigenvalue weighted by Gasteiger charge is 2.37. The van der Waals surface area contributed by atoms with Gasteiger partial charge >= 0.3 is 0 Å². The number of carbonyl (C=O) groups excluding carboxylic acids is 1. The Bertz CT molecular complexity index is 824. The minimum atomic E-state index is -0.209. The van der Waals surface area contributed by atoms with Gasteiger partial charge < -0.3 is 19.8 Å². The monoisotopic (exact) mass is 325 g/mol.